The first kappa shape index (κ1) is 15.2. The SMILES string of the molecule is O[B]Oc1ccc2c(c1)B(c1ccccc1)CB2c1ccccc1. The van der Waals surface area contributed by atoms with Crippen molar-refractivity contribution in [3.8, 4) is 5.75 Å². The molecule has 1 heterocycles. The summed E-state index contributed by atoms with van der Waals surface area (Å²) in [5, 5.41) is 8.93. The maximum absolute atomic E-state index is 8.93. The van der Waals surface area contributed by atoms with E-state index in [1.807, 2.05) is 12.1 Å². The predicted octanol–water partition coefficient (Wildman–Crippen LogP) is 0.363. The van der Waals surface area contributed by atoms with E-state index in [1.165, 1.54) is 21.9 Å². The van der Waals surface area contributed by atoms with Crippen LogP contribution in [-0.4, -0.2) is 26.1 Å². The predicted molar refractivity (Wildman–Crippen MR) is 103 cm³/mol. The Morgan fingerprint density at radius 1 is 0.750 bits per heavy atom. The Morgan fingerprint density at radius 3 is 1.92 bits per heavy atom. The first-order valence-electron chi connectivity index (χ1n) is 8.23. The van der Waals surface area contributed by atoms with Crippen LogP contribution in [0.4, 0.5) is 0 Å². The lowest BCUT2D eigenvalue weighted by molar-refractivity contribution is 0.454. The highest BCUT2D eigenvalue weighted by Gasteiger charge is 2.37. The fourth-order valence-electron chi connectivity index (χ4n) is 3.80. The first-order chi connectivity index (χ1) is 11.9. The molecule has 0 aliphatic carbocycles. The van der Waals surface area contributed by atoms with E-state index in [-0.39, 0.29) is 0 Å². The fourth-order valence-corrected chi connectivity index (χ4v) is 3.80. The van der Waals surface area contributed by atoms with Gasteiger partial charge < -0.3 is 9.68 Å². The van der Waals surface area contributed by atoms with Crippen molar-refractivity contribution < 1.29 is 9.68 Å². The van der Waals surface area contributed by atoms with Crippen LogP contribution in [0.3, 0.4) is 0 Å². The molecule has 3 aromatic rings. The molecule has 0 atom stereocenters. The third-order valence-corrected chi connectivity index (χ3v) is 4.87. The van der Waals surface area contributed by atoms with Gasteiger partial charge in [-0.05, 0) is 12.1 Å². The van der Waals surface area contributed by atoms with Crippen molar-refractivity contribution in [2.45, 2.75) is 6.22 Å². The molecule has 1 aliphatic heterocycles. The van der Waals surface area contributed by atoms with Gasteiger partial charge in [0.15, 0.2) is 0 Å². The molecule has 0 saturated heterocycles. The zero-order chi connectivity index (χ0) is 16.4. The van der Waals surface area contributed by atoms with E-state index in [1.54, 1.807) is 0 Å². The van der Waals surface area contributed by atoms with Crippen LogP contribution in [0.5, 0.6) is 5.75 Å². The van der Waals surface area contributed by atoms with Crippen molar-refractivity contribution in [3.05, 3.63) is 78.9 Å². The van der Waals surface area contributed by atoms with E-state index >= 15 is 0 Å². The first-order valence-corrected chi connectivity index (χ1v) is 8.23. The molecule has 0 amide bonds. The van der Waals surface area contributed by atoms with Crippen LogP contribution in [0.2, 0.25) is 6.22 Å². The molecular formula is C19H16B3O2. The van der Waals surface area contributed by atoms with Gasteiger partial charge in [0.2, 0.25) is 13.4 Å². The van der Waals surface area contributed by atoms with Gasteiger partial charge in [0.1, 0.15) is 0 Å². The molecule has 0 aromatic heterocycles. The second-order valence-electron chi connectivity index (χ2n) is 6.18. The molecule has 0 spiro atoms. The van der Waals surface area contributed by atoms with Gasteiger partial charge in [0.05, 0.1) is 5.75 Å². The van der Waals surface area contributed by atoms with Crippen LogP contribution in [0.1, 0.15) is 0 Å². The molecule has 24 heavy (non-hydrogen) atoms. The molecule has 1 aliphatic rings. The number of benzene rings is 3. The molecule has 0 saturated carbocycles. The Labute approximate surface area is 144 Å². The van der Waals surface area contributed by atoms with E-state index in [9.17, 15) is 0 Å². The molecule has 0 unspecified atom stereocenters. The van der Waals surface area contributed by atoms with Crippen LogP contribution >= 0.6 is 0 Å². The van der Waals surface area contributed by atoms with Crippen molar-refractivity contribution >= 4 is 43.0 Å². The van der Waals surface area contributed by atoms with E-state index in [0.29, 0.717) is 19.2 Å². The Bertz CT molecular complexity index is 825. The second kappa shape index (κ2) is 6.62. The molecule has 0 fully saturated rings. The average Bonchev–Trinajstić information content (AvgIpc) is 3.02. The van der Waals surface area contributed by atoms with Crippen molar-refractivity contribution in [1.29, 1.82) is 0 Å². The summed E-state index contributed by atoms with van der Waals surface area (Å²) in [5.74, 6) is 0.672. The van der Waals surface area contributed by atoms with E-state index in [2.05, 4.69) is 66.7 Å². The minimum Gasteiger partial charge on any atom is -0.537 e. The smallest absolute Gasteiger partial charge is 0.537 e. The maximum atomic E-state index is 8.93. The van der Waals surface area contributed by atoms with Crippen molar-refractivity contribution in [3.63, 3.8) is 0 Å². The van der Waals surface area contributed by atoms with Gasteiger partial charge in [-0.25, -0.2) is 0 Å². The summed E-state index contributed by atoms with van der Waals surface area (Å²) >= 11 is 0. The van der Waals surface area contributed by atoms with Gasteiger partial charge in [-0.15, -0.1) is 0 Å². The molecule has 113 valence electrons. The maximum Gasteiger partial charge on any atom is 0.569 e. The van der Waals surface area contributed by atoms with Gasteiger partial charge >= 0.3 is 7.69 Å². The fraction of sp³-hybridized carbons (Fsp3) is 0.0526. The van der Waals surface area contributed by atoms with Crippen LogP contribution < -0.4 is 26.5 Å². The minimum atomic E-state index is 0.341. The van der Waals surface area contributed by atoms with E-state index < -0.39 is 0 Å². The van der Waals surface area contributed by atoms with Crippen molar-refractivity contribution in [1.82, 2.24) is 0 Å². The molecule has 1 N–H and O–H groups in total. The van der Waals surface area contributed by atoms with Crippen molar-refractivity contribution in [2.75, 3.05) is 0 Å². The number of hydrogen-bond donors (Lipinski definition) is 1. The van der Waals surface area contributed by atoms with Crippen molar-refractivity contribution in [2.24, 2.45) is 0 Å². The van der Waals surface area contributed by atoms with Crippen LogP contribution in [0, 0.1) is 0 Å². The van der Waals surface area contributed by atoms with E-state index in [0.717, 1.165) is 13.9 Å². The molecule has 5 heteroatoms. The Hall–Kier alpha value is -2.39. The summed E-state index contributed by atoms with van der Waals surface area (Å²) in [6, 6.07) is 27.4. The lowest BCUT2D eigenvalue weighted by Gasteiger charge is -2.11. The minimum absolute atomic E-state index is 0.341. The van der Waals surface area contributed by atoms with Gasteiger partial charge in [-0.3, -0.25) is 0 Å². The van der Waals surface area contributed by atoms with E-state index in [4.69, 9.17) is 9.68 Å². The van der Waals surface area contributed by atoms with Gasteiger partial charge in [0.25, 0.3) is 0 Å². The Morgan fingerprint density at radius 2 is 1.33 bits per heavy atom. The normalized spacial score (nSPS) is 12.9. The van der Waals surface area contributed by atoms with Gasteiger partial charge in [-0.1, -0.05) is 94.8 Å². The van der Waals surface area contributed by atoms with Crippen LogP contribution in [-0.2, 0) is 0 Å². The standard InChI is InChI=1S/C19H16B3O2/c23-20-24-17-11-12-18-19(13-17)22(16-9-5-2-6-10-16)14-21(18)15-7-3-1-4-8-15/h1-13,23H,14H2. The molecule has 2 nitrogen and oxygen atoms in total. The quantitative estimate of drug-likeness (QED) is 0.706. The second-order valence-corrected chi connectivity index (χ2v) is 6.18. The van der Waals surface area contributed by atoms with Crippen LogP contribution in [0.25, 0.3) is 0 Å². The summed E-state index contributed by atoms with van der Waals surface area (Å²) in [6.07, 6.45) is 1.05. The number of hydrogen-bond acceptors (Lipinski definition) is 2. The molecular weight excluding hydrogens is 293 g/mol. The lowest BCUT2D eigenvalue weighted by Crippen LogP contribution is -2.44. The number of fused-ring (bicyclic) bond motifs is 1. The Balaban J connectivity index is 1.80. The summed E-state index contributed by atoms with van der Waals surface area (Å²) in [6.45, 7) is 0.729. The Kier molecular flexibility index (Phi) is 4.18. The molecule has 3 aromatic carbocycles. The lowest BCUT2D eigenvalue weighted by atomic mass is 9.30. The topological polar surface area (TPSA) is 29.5 Å². The molecule has 0 bridgehead atoms. The third-order valence-electron chi connectivity index (χ3n) is 4.87. The summed E-state index contributed by atoms with van der Waals surface area (Å²) in [4.78, 5) is 0. The highest BCUT2D eigenvalue weighted by molar-refractivity contribution is 7.08. The third kappa shape index (κ3) is 2.76. The highest BCUT2D eigenvalue weighted by Crippen LogP contribution is 2.14. The monoisotopic (exact) mass is 309 g/mol. The number of rotatable bonds is 4. The highest BCUT2D eigenvalue weighted by atomic mass is 16.5. The largest absolute Gasteiger partial charge is 0.569 e. The summed E-state index contributed by atoms with van der Waals surface area (Å²) in [7, 11) is 0.739. The van der Waals surface area contributed by atoms with Crippen LogP contribution in [0.15, 0.2) is 78.9 Å². The molecule has 1 radical (unpaired) electrons. The average molecular weight is 309 g/mol. The molecule has 4 rings (SSSR count). The zero-order valence-corrected chi connectivity index (χ0v) is 13.3. The summed E-state index contributed by atoms with van der Waals surface area (Å²) < 4.78 is 5.19. The van der Waals surface area contributed by atoms with Gasteiger partial charge in [0, 0.05) is 0 Å². The zero-order valence-electron chi connectivity index (χ0n) is 13.3. The summed E-state index contributed by atoms with van der Waals surface area (Å²) in [5.41, 5.74) is 5.30. The van der Waals surface area contributed by atoms with Gasteiger partial charge in [-0.2, -0.15) is 0 Å².